The molecule has 0 aliphatic rings. The molecule has 4 N–H and O–H groups in total. The van der Waals surface area contributed by atoms with Crippen molar-refractivity contribution in [2.45, 2.75) is 12.5 Å². The fourth-order valence-corrected chi connectivity index (χ4v) is 1.12. The van der Waals surface area contributed by atoms with Crippen LogP contribution >= 0.6 is 0 Å². The smallest absolute Gasteiger partial charge is 0.227 e. The van der Waals surface area contributed by atoms with Gasteiger partial charge in [0.2, 0.25) is 5.91 Å². The van der Waals surface area contributed by atoms with E-state index in [0.29, 0.717) is 13.0 Å². The molecule has 0 aromatic heterocycles. The molecule has 78 valence electrons. The third kappa shape index (κ3) is 3.71. The SMILES string of the molecule is CN(C)C(=O)[C@@H](CCN)C(O)CO. The molecule has 0 fully saturated rings. The Kier molecular flexibility index (Phi) is 5.61. The van der Waals surface area contributed by atoms with Gasteiger partial charge < -0.3 is 20.8 Å². The lowest BCUT2D eigenvalue weighted by Gasteiger charge is -2.23. The van der Waals surface area contributed by atoms with Crippen molar-refractivity contribution in [3.8, 4) is 0 Å². The Hall–Kier alpha value is -0.650. The number of carbonyl (C=O) groups excluding carboxylic acids is 1. The fourth-order valence-electron chi connectivity index (χ4n) is 1.12. The molecule has 0 aromatic carbocycles. The number of nitrogens with two attached hydrogens (primary N) is 1. The van der Waals surface area contributed by atoms with E-state index in [-0.39, 0.29) is 5.91 Å². The highest BCUT2D eigenvalue weighted by molar-refractivity contribution is 5.78. The second-order valence-corrected chi connectivity index (χ2v) is 3.17. The summed E-state index contributed by atoms with van der Waals surface area (Å²) < 4.78 is 0. The van der Waals surface area contributed by atoms with E-state index in [1.807, 2.05) is 0 Å². The Balaban J connectivity index is 4.31. The predicted molar refractivity (Wildman–Crippen MR) is 48.9 cm³/mol. The first kappa shape index (κ1) is 12.3. The number of amides is 1. The average molecular weight is 190 g/mol. The van der Waals surface area contributed by atoms with Gasteiger partial charge in [-0.25, -0.2) is 0 Å². The zero-order valence-corrected chi connectivity index (χ0v) is 8.10. The van der Waals surface area contributed by atoms with Gasteiger partial charge >= 0.3 is 0 Å². The molecule has 1 unspecified atom stereocenters. The van der Waals surface area contributed by atoms with Gasteiger partial charge in [-0.15, -0.1) is 0 Å². The summed E-state index contributed by atoms with van der Waals surface area (Å²) in [5.74, 6) is -0.794. The summed E-state index contributed by atoms with van der Waals surface area (Å²) in [6.07, 6.45) is -0.628. The van der Waals surface area contributed by atoms with Crippen molar-refractivity contribution < 1.29 is 15.0 Å². The molecule has 0 bridgehead atoms. The van der Waals surface area contributed by atoms with Crippen LogP contribution in [0.2, 0.25) is 0 Å². The molecule has 0 saturated carbocycles. The van der Waals surface area contributed by atoms with Crippen LogP contribution in [0.3, 0.4) is 0 Å². The van der Waals surface area contributed by atoms with E-state index in [2.05, 4.69) is 0 Å². The van der Waals surface area contributed by atoms with Crippen LogP contribution in [0, 0.1) is 5.92 Å². The number of rotatable bonds is 5. The fraction of sp³-hybridized carbons (Fsp3) is 0.875. The van der Waals surface area contributed by atoms with Gasteiger partial charge in [-0.2, -0.15) is 0 Å². The predicted octanol–water partition coefficient (Wildman–Crippen LogP) is -1.61. The van der Waals surface area contributed by atoms with Gasteiger partial charge in [0.1, 0.15) is 0 Å². The number of hydrogen-bond acceptors (Lipinski definition) is 4. The molecule has 5 nitrogen and oxygen atoms in total. The summed E-state index contributed by atoms with van der Waals surface area (Å²) in [6.45, 7) is -0.0917. The zero-order chi connectivity index (χ0) is 10.4. The average Bonchev–Trinajstić information content (AvgIpc) is 2.11. The van der Waals surface area contributed by atoms with Crippen molar-refractivity contribution >= 4 is 5.91 Å². The quantitative estimate of drug-likeness (QED) is 0.487. The van der Waals surface area contributed by atoms with E-state index in [4.69, 9.17) is 10.8 Å². The maximum absolute atomic E-state index is 11.4. The number of carbonyl (C=O) groups is 1. The molecule has 0 spiro atoms. The van der Waals surface area contributed by atoms with Crippen LogP contribution in [0.4, 0.5) is 0 Å². The van der Waals surface area contributed by atoms with E-state index in [0.717, 1.165) is 0 Å². The van der Waals surface area contributed by atoms with E-state index in [9.17, 15) is 9.90 Å². The summed E-state index contributed by atoms with van der Waals surface area (Å²) in [5.41, 5.74) is 5.30. The highest BCUT2D eigenvalue weighted by atomic mass is 16.3. The molecule has 0 aromatic rings. The maximum Gasteiger partial charge on any atom is 0.227 e. The molecular formula is C8H18N2O3. The molecule has 0 aliphatic carbocycles. The molecule has 0 heterocycles. The summed E-state index contributed by atoms with van der Waals surface area (Å²) in [4.78, 5) is 12.8. The Morgan fingerprint density at radius 2 is 2.08 bits per heavy atom. The lowest BCUT2D eigenvalue weighted by molar-refractivity contribution is -0.138. The van der Waals surface area contributed by atoms with Gasteiger partial charge in [0, 0.05) is 14.1 Å². The van der Waals surface area contributed by atoms with Crippen molar-refractivity contribution in [1.82, 2.24) is 4.90 Å². The topological polar surface area (TPSA) is 86.8 Å². The molecule has 0 aliphatic heterocycles. The highest BCUT2D eigenvalue weighted by Crippen LogP contribution is 2.10. The summed E-state index contributed by atoms with van der Waals surface area (Å²) in [5, 5.41) is 18.0. The lowest BCUT2D eigenvalue weighted by atomic mass is 9.97. The summed E-state index contributed by atoms with van der Waals surface area (Å²) in [7, 11) is 3.21. The van der Waals surface area contributed by atoms with E-state index < -0.39 is 18.6 Å². The third-order valence-electron chi connectivity index (χ3n) is 1.89. The van der Waals surface area contributed by atoms with Crippen molar-refractivity contribution in [3.63, 3.8) is 0 Å². The van der Waals surface area contributed by atoms with Gasteiger partial charge in [-0.3, -0.25) is 4.79 Å². The standard InChI is InChI=1S/C8H18N2O3/c1-10(2)8(13)6(3-4-9)7(12)5-11/h6-7,11-12H,3-5,9H2,1-2H3/t6-,7?/m0/s1. The van der Waals surface area contributed by atoms with E-state index in [1.54, 1.807) is 14.1 Å². The number of hydrogen-bond donors (Lipinski definition) is 3. The maximum atomic E-state index is 11.4. The van der Waals surface area contributed by atoms with Gasteiger partial charge in [0.15, 0.2) is 0 Å². The van der Waals surface area contributed by atoms with Gasteiger partial charge in [0.05, 0.1) is 18.6 Å². The Labute approximate surface area is 78.1 Å². The molecule has 0 saturated heterocycles. The molecule has 5 heteroatoms. The number of aliphatic hydroxyl groups is 2. The lowest BCUT2D eigenvalue weighted by Crippen LogP contribution is -2.39. The largest absolute Gasteiger partial charge is 0.394 e. The van der Waals surface area contributed by atoms with Crippen molar-refractivity contribution in [2.75, 3.05) is 27.2 Å². The van der Waals surface area contributed by atoms with Crippen molar-refractivity contribution in [1.29, 1.82) is 0 Å². The van der Waals surface area contributed by atoms with Crippen LogP contribution in [0.5, 0.6) is 0 Å². The minimum atomic E-state index is -1.02. The van der Waals surface area contributed by atoms with Crippen LogP contribution in [0.1, 0.15) is 6.42 Å². The Morgan fingerprint density at radius 1 is 1.54 bits per heavy atom. The van der Waals surface area contributed by atoms with Gasteiger partial charge in [-0.05, 0) is 13.0 Å². The molecular weight excluding hydrogens is 172 g/mol. The summed E-state index contributed by atoms with van der Waals surface area (Å²) >= 11 is 0. The van der Waals surface area contributed by atoms with Crippen LogP contribution < -0.4 is 5.73 Å². The first-order valence-corrected chi connectivity index (χ1v) is 4.24. The van der Waals surface area contributed by atoms with E-state index in [1.165, 1.54) is 4.90 Å². The van der Waals surface area contributed by atoms with E-state index >= 15 is 0 Å². The van der Waals surface area contributed by atoms with Crippen molar-refractivity contribution in [2.24, 2.45) is 11.7 Å². The van der Waals surface area contributed by atoms with Gasteiger partial charge in [0.25, 0.3) is 0 Å². The second-order valence-electron chi connectivity index (χ2n) is 3.17. The first-order chi connectivity index (χ1) is 6.04. The Morgan fingerprint density at radius 3 is 2.38 bits per heavy atom. The zero-order valence-electron chi connectivity index (χ0n) is 8.10. The summed E-state index contributed by atoms with van der Waals surface area (Å²) in [6, 6.07) is 0. The minimum Gasteiger partial charge on any atom is -0.394 e. The molecule has 1 amide bonds. The first-order valence-electron chi connectivity index (χ1n) is 4.24. The molecule has 0 radical (unpaired) electrons. The highest BCUT2D eigenvalue weighted by Gasteiger charge is 2.26. The minimum absolute atomic E-state index is 0.202. The molecule has 0 rings (SSSR count). The van der Waals surface area contributed by atoms with Crippen LogP contribution in [0.15, 0.2) is 0 Å². The third-order valence-corrected chi connectivity index (χ3v) is 1.89. The van der Waals surface area contributed by atoms with Crippen LogP contribution in [-0.2, 0) is 4.79 Å². The van der Waals surface area contributed by atoms with Crippen LogP contribution in [0.25, 0.3) is 0 Å². The molecule has 2 atom stereocenters. The number of aliphatic hydroxyl groups excluding tert-OH is 2. The monoisotopic (exact) mass is 190 g/mol. The molecule has 13 heavy (non-hydrogen) atoms. The van der Waals surface area contributed by atoms with Gasteiger partial charge in [-0.1, -0.05) is 0 Å². The normalized spacial score (nSPS) is 15.2. The van der Waals surface area contributed by atoms with Crippen molar-refractivity contribution in [3.05, 3.63) is 0 Å². The number of nitrogens with zero attached hydrogens (tertiary/aromatic N) is 1. The second kappa shape index (κ2) is 5.90. The van der Waals surface area contributed by atoms with Crippen LogP contribution in [-0.4, -0.2) is 54.4 Å². The Bertz CT molecular complexity index is 161.